The lowest BCUT2D eigenvalue weighted by atomic mass is 9.98. The molecule has 8 rings (SSSR count). The normalized spacial score (nSPS) is 11.4. The molecule has 198 valence electrons. The molecule has 0 unspecified atom stereocenters. The van der Waals surface area contributed by atoms with E-state index in [0.29, 0.717) is 0 Å². The Morgan fingerprint density at radius 2 is 1.38 bits per heavy atom. The largest absolute Gasteiger partial charge is 0.355 e. The molecule has 0 atom stereocenters. The first-order valence-electron chi connectivity index (χ1n) is 14.1. The van der Waals surface area contributed by atoms with E-state index in [-0.39, 0.29) is 0 Å². The first kappa shape index (κ1) is 24.1. The number of rotatable bonds is 5. The van der Waals surface area contributed by atoms with Gasteiger partial charge in [-0.3, -0.25) is 4.98 Å². The first-order valence-corrected chi connectivity index (χ1v) is 14.1. The van der Waals surface area contributed by atoms with Gasteiger partial charge in [-0.1, -0.05) is 91.0 Å². The van der Waals surface area contributed by atoms with Gasteiger partial charge in [-0.05, 0) is 58.6 Å². The topological polar surface area (TPSA) is 53.7 Å². The molecular weight excluding hydrogens is 512 g/mol. The Morgan fingerprint density at radius 3 is 2.24 bits per heavy atom. The summed E-state index contributed by atoms with van der Waals surface area (Å²) in [4.78, 5) is 4.72. The van der Waals surface area contributed by atoms with Crippen molar-refractivity contribution in [3.05, 3.63) is 145 Å². The molecule has 0 aliphatic carbocycles. The van der Waals surface area contributed by atoms with E-state index < -0.39 is 0 Å². The Bertz CT molecular complexity index is 2280. The monoisotopic (exact) mass is 538 g/mol. The summed E-state index contributed by atoms with van der Waals surface area (Å²) in [6.07, 6.45) is 3.32. The Kier molecular flexibility index (Phi) is 5.57. The van der Waals surface area contributed by atoms with Gasteiger partial charge in [0.25, 0.3) is 0 Å². The SMILES string of the molecule is N=Cc1c(Nc2ccccc2)ccc2c1c1ccc3c4ccccc4ccc3c1n2-c1ccccc1-c1ccccn1. The van der Waals surface area contributed by atoms with Gasteiger partial charge in [0.1, 0.15) is 0 Å². The molecule has 0 aliphatic heterocycles. The molecule has 0 bridgehead atoms. The van der Waals surface area contributed by atoms with Gasteiger partial charge in [0.05, 0.1) is 22.4 Å². The van der Waals surface area contributed by atoms with Crippen LogP contribution in [0.4, 0.5) is 11.4 Å². The van der Waals surface area contributed by atoms with E-state index >= 15 is 0 Å². The summed E-state index contributed by atoms with van der Waals surface area (Å²) in [6, 6.07) is 46.4. The Hall–Kier alpha value is -5.74. The van der Waals surface area contributed by atoms with Crippen molar-refractivity contribution in [2.75, 3.05) is 5.32 Å². The Balaban J connectivity index is 1.53. The van der Waals surface area contributed by atoms with E-state index in [4.69, 9.17) is 10.4 Å². The average molecular weight is 539 g/mol. The molecule has 4 nitrogen and oxygen atoms in total. The van der Waals surface area contributed by atoms with Crippen LogP contribution in [0.15, 0.2) is 140 Å². The zero-order valence-corrected chi connectivity index (χ0v) is 22.8. The lowest BCUT2D eigenvalue weighted by molar-refractivity contribution is 1.18. The number of para-hydroxylation sites is 2. The summed E-state index contributed by atoms with van der Waals surface area (Å²) in [5.74, 6) is 0. The van der Waals surface area contributed by atoms with Gasteiger partial charge in [-0.15, -0.1) is 0 Å². The molecule has 2 heterocycles. The summed E-state index contributed by atoms with van der Waals surface area (Å²) < 4.78 is 2.37. The van der Waals surface area contributed by atoms with Crippen molar-refractivity contribution in [2.24, 2.45) is 0 Å². The highest BCUT2D eigenvalue weighted by Gasteiger charge is 2.21. The quantitative estimate of drug-likeness (QED) is 0.169. The van der Waals surface area contributed by atoms with Crippen LogP contribution in [-0.4, -0.2) is 15.8 Å². The van der Waals surface area contributed by atoms with Crippen LogP contribution < -0.4 is 5.32 Å². The van der Waals surface area contributed by atoms with E-state index in [1.807, 2.05) is 48.7 Å². The number of fused-ring (bicyclic) bond motifs is 7. The highest BCUT2D eigenvalue weighted by molar-refractivity contribution is 6.26. The minimum Gasteiger partial charge on any atom is -0.355 e. The summed E-state index contributed by atoms with van der Waals surface area (Å²) >= 11 is 0. The molecule has 0 saturated heterocycles. The average Bonchev–Trinajstić information content (AvgIpc) is 3.40. The number of nitrogens with one attached hydrogen (secondary N) is 2. The highest BCUT2D eigenvalue weighted by atomic mass is 15.0. The number of nitrogens with zero attached hydrogens (tertiary/aromatic N) is 2. The second kappa shape index (κ2) is 9.72. The number of hydrogen-bond acceptors (Lipinski definition) is 3. The molecule has 8 aromatic rings. The van der Waals surface area contributed by atoms with Gasteiger partial charge in [0, 0.05) is 51.1 Å². The molecule has 0 fully saturated rings. The molecule has 0 amide bonds. The van der Waals surface area contributed by atoms with Crippen LogP contribution in [0.3, 0.4) is 0 Å². The fraction of sp³-hybridized carbons (Fsp3) is 0. The predicted molar refractivity (Wildman–Crippen MR) is 177 cm³/mol. The molecule has 0 spiro atoms. The number of benzene rings is 6. The molecule has 4 heteroatoms. The smallest absolute Gasteiger partial charge is 0.0723 e. The first-order chi connectivity index (χ1) is 20.8. The lowest BCUT2D eigenvalue weighted by Crippen LogP contribution is -2.00. The second-order valence-corrected chi connectivity index (χ2v) is 10.5. The second-order valence-electron chi connectivity index (χ2n) is 10.5. The number of pyridine rings is 1. The fourth-order valence-electron chi connectivity index (χ4n) is 6.31. The maximum Gasteiger partial charge on any atom is 0.0723 e. The minimum atomic E-state index is 0.857. The summed E-state index contributed by atoms with van der Waals surface area (Å²) in [5.41, 5.74) is 7.94. The molecule has 0 saturated carbocycles. The van der Waals surface area contributed by atoms with Crippen LogP contribution in [0.2, 0.25) is 0 Å². The summed E-state index contributed by atoms with van der Waals surface area (Å²) in [6.45, 7) is 0. The molecule has 2 N–H and O–H groups in total. The zero-order chi connectivity index (χ0) is 28.0. The number of anilines is 2. The van der Waals surface area contributed by atoms with Gasteiger partial charge in [0.2, 0.25) is 0 Å². The van der Waals surface area contributed by atoms with Crippen LogP contribution >= 0.6 is 0 Å². The van der Waals surface area contributed by atoms with Crippen LogP contribution in [0.1, 0.15) is 5.56 Å². The van der Waals surface area contributed by atoms with E-state index in [1.165, 1.54) is 27.8 Å². The molecule has 2 aromatic heterocycles. The maximum absolute atomic E-state index is 8.58. The zero-order valence-electron chi connectivity index (χ0n) is 22.8. The molecule has 0 aliphatic rings. The van der Waals surface area contributed by atoms with Crippen LogP contribution in [-0.2, 0) is 0 Å². The van der Waals surface area contributed by atoms with Crippen molar-refractivity contribution in [3.8, 4) is 16.9 Å². The Morgan fingerprint density at radius 1 is 0.619 bits per heavy atom. The molecular formula is C38H26N4. The molecule has 42 heavy (non-hydrogen) atoms. The van der Waals surface area contributed by atoms with Crippen molar-refractivity contribution in [3.63, 3.8) is 0 Å². The standard InChI is InChI=1S/C38H26N4/c39-24-32-34(41-26-11-2-1-3-12-26)21-22-36-37(32)31-20-19-28-27-13-5-4-10-25(27)17-18-29(28)38(31)42(36)35-16-7-6-14-30(35)33-15-8-9-23-40-33/h1-24,39,41H. The summed E-state index contributed by atoms with van der Waals surface area (Å²) in [7, 11) is 0. The van der Waals surface area contributed by atoms with Crippen molar-refractivity contribution < 1.29 is 0 Å². The highest BCUT2D eigenvalue weighted by Crippen LogP contribution is 2.43. The molecule has 6 aromatic carbocycles. The predicted octanol–water partition coefficient (Wildman–Crippen LogP) is 9.89. The van der Waals surface area contributed by atoms with Crippen molar-refractivity contribution in [2.45, 2.75) is 0 Å². The van der Waals surface area contributed by atoms with Gasteiger partial charge in [0.15, 0.2) is 0 Å². The van der Waals surface area contributed by atoms with E-state index in [9.17, 15) is 0 Å². The summed E-state index contributed by atoms with van der Waals surface area (Å²) in [5, 5.41) is 19.1. The number of hydrogen-bond donors (Lipinski definition) is 2. The van der Waals surface area contributed by atoms with Crippen molar-refractivity contribution in [1.29, 1.82) is 5.41 Å². The third kappa shape index (κ3) is 3.70. The Labute approximate surface area is 243 Å². The maximum atomic E-state index is 8.58. The van der Waals surface area contributed by atoms with Crippen LogP contribution in [0, 0.1) is 5.41 Å². The van der Waals surface area contributed by atoms with E-state index in [1.54, 1.807) is 0 Å². The fourth-order valence-corrected chi connectivity index (χ4v) is 6.31. The number of aromatic nitrogens is 2. The van der Waals surface area contributed by atoms with Gasteiger partial charge in [-0.25, -0.2) is 0 Å². The van der Waals surface area contributed by atoms with E-state index in [0.717, 1.165) is 55.7 Å². The van der Waals surface area contributed by atoms with Gasteiger partial charge < -0.3 is 15.3 Å². The van der Waals surface area contributed by atoms with Crippen LogP contribution in [0.25, 0.3) is 60.3 Å². The third-order valence-electron chi connectivity index (χ3n) is 8.14. The van der Waals surface area contributed by atoms with E-state index in [2.05, 4.69) is 101 Å². The van der Waals surface area contributed by atoms with Gasteiger partial charge in [-0.2, -0.15) is 0 Å². The van der Waals surface area contributed by atoms with Crippen molar-refractivity contribution in [1.82, 2.24) is 9.55 Å². The molecule has 0 radical (unpaired) electrons. The van der Waals surface area contributed by atoms with Gasteiger partial charge >= 0.3 is 0 Å². The van der Waals surface area contributed by atoms with Crippen LogP contribution in [0.5, 0.6) is 0 Å². The van der Waals surface area contributed by atoms with Crippen molar-refractivity contribution >= 4 is 60.9 Å². The lowest BCUT2D eigenvalue weighted by Gasteiger charge is -2.15. The minimum absolute atomic E-state index is 0.857. The third-order valence-corrected chi connectivity index (χ3v) is 8.14.